The molecule has 30 heavy (non-hydrogen) atoms. The maximum atomic E-state index is 12.2. The molecule has 2 amide bonds. The van der Waals surface area contributed by atoms with Gasteiger partial charge in [0.2, 0.25) is 17.7 Å². The van der Waals surface area contributed by atoms with Gasteiger partial charge in [0, 0.05) is 29.9 Å². The monoisotopic (exact) mass is 397 g/mol. The Morgan fingerprint density at radius 3 is 2.23 bits per heavy atom. The zero-order valence-electron chi connectivity index (χ0n) is 16.3. The van der Waals surface area contributed by atoms with Gasteiger partial charge in [0.15, 0.2) is 5.58 Å². The first-order chi connectivity index (χ1) is 14.6. The lowest BCUT2D eigenvalue weighted by Crippen LogP contribution is -2.07. The summed E-state index contributed by atoms with van der Waals surface area (Å²) in [5.41, 5.74) is 4.61. The quantitative estimate of drug-likeness (QED) is 0.459. The van der Waals surface area contributed by atoms with E-state index in [0.717, 1.165) is 22.2 Å². The fourth-order valence-corrected chi connectivity index (χ4v) is 2.93. The number of aromatic nitrogens is 1. The average molecular weight is 397 g/mol. The van der Waals surface area contributed by atoms with E-state index in [-0.39, 0.29) is 11.8 Å². The van der Waals surface area contributed by atoms with Crippen molar-refractivity contribution in [1.82, 2.24) is 4.98 Å². The number of benzene rings is 3. The molecule has 3 aromatic carbocycles. The smallest absolute Gasteiger partial charge is 0.248 e. The van der Waals surface area contributed by atoms with Crippen LogP contribution in [-0.2, 0) is 9.59 Å². The first kappa shape index (κ1) is 19.1. The van der Waals surface area contributed by atoms with Crippen LogP contribution >= 0.6 is 0 Å². The summed E-state index contributed by atoms with van der Waals surface area (Å²) in [6, 6.07) is 22.1. The highest BCUT2D eigenvalue weighted by molar-refractivity contribution is 6.02. The number of rotatable bonds is 5. The molecule has 6 heteroatoms. The predicted octanol–water partition coefficient (Wildman–Crippen LogP) is 5.11. The van der Waals surface area contributed by atoms with Crippen molar-refractivity contribution in [3.63, 3.8) is 0 Å². The minimum absolute atomic E-state index is 0.125. The Kier molecular flexibility index (Phi) is 5.39. The third-order valence-electron chi connectivity index (χ3n) is 4.35. The van der Waals surface area contributed by atoms with Crippen molar-refractivity contribution in [1.29, 1.82) is 0 Å². The molecule has 6 nitrogen and oxygen atoms in total. The molecule has 2 N–H and O–H groups in total. The predicted molar refractivity (Wildman–Crippen MR) is 118 cm³/mol. The van der Waals surface area contributed by atoms with Crippen molar-refractivity contribution in [3.8, 4) is 11.5 Å². The lowest BCUT2D eigenvalue weighted by atomic mass is 10.2. The van der Waals surface area contributed by atoms with Crippen LogP contribution in [0.1, 0.15) is 12.5 Å². The number of carbonyl (C=O) groups is 2. The van der Waals surface area contributed by atoms with E-state index in [9.17, 15) is 9.59 Å². The van der Waals surface area contributed by atoms with Gasteiger partial charge in [-0.1, -0.05) is 24.3 Å². The van der Waals surface area contributed by atoms with E-state index in [2.05, 4.69) is 15.6 Å². The second-order valence-corrected chi connectivity index (χ2v) is 6.69. The molecular formula is C24H19N3O3. The number of nitrogens with one attached hydrogen (secondary N) is 2. The van der Waals surface area contributed by atoms with E-state index in [0.29, 0.717) is 17.3 Å². The zero-order valence-corrected chi connectivity index (χ0v) is 16.3. The van der Waals surface area contributed by atoms with Crippen LogP contribution < -0.4 is 10.6 Å². The minimum atomic E-state index is -0.240. The van der Waals surface area contributed by atoms with E-state index < -0.39 is 0 Å². The number of para-hydroxylation sites is 2. The molecule has 1 heterocycles. The molecule has 4 aromatic rings. The van der Waals surface area contributed by atoms with Crippen LogP contribution in [0.3, 0.4) is 0 Å². The Morgan fingerprint density at radius 1 is 0.867 bits per heavy atom. The molecule has 148 valence electrons. The van der Waals surface area contributed by atoms with Crippen molar-refractivity contribution in [2.45, 2.75) is 6.92 Å². The number of carbonyl (C=O) groups excluding carboxylic acids is 2. The van der Waals surface area contributed by atoms with E-state index >= 15 is 0 Å². The summed E-state index contributed by atoms with van der Waals surface area (Å²) in [5, 5.41) is 5.52. The molecule has 0 aliphatic heterocycles. The SMILES string of the molecule is CC(=O)Nc1ccc(C=CC(=O)Nc2ccc(-c3nc4ccccc4o3)cc2)cc1. The second-order valence-electron chi connectivity index (χ2n) is 6.69. The first-order valence-electron chi connectivity index (χ1n) is 9.39. The van der Waals surface area contributed by atoms with Crippen molar-refractivity contribution in [2.75, 3.05) is 10.6 Å². The van der Waals surface area contributed by atoms with Crippen molar-refractivity contribution in [3.05, 3.63) is 84.4 Å². The molecule has 0 fully saturated rings. The normalized spacial score (nSPS) is 11.0. The Balaban J connectivity index is 1.38. The Morgan fingerprint density at radius 2 is 1.53 bits per heavy atom. The Bertz CT molecular complexity index is 1190. The number of hydrogen-bond acceptors (Lipinski definition) is 4. The summed E-state index contributed by atoms with van der Waals surface area (Å²) in [5.74, 6) is 0.173. The van der Waals surface area contributed by atoms with Crippen LogP contribution in [0, 0.1) is 0 Å². The number of nitrogens with zero attached hydrogens (tertiary/aromatic N) is 1. The lowest BCUT2D eigenvalue weighted by molar-refractivity contribution is -0.114. The van der Waals surface area contributed by atoms with Crippen LogP contribution in [0.25, 0.3) is 28.6 Å². The number of anilines is 2. The van der Waals surface area contributed by atoms with Crippen molar-refractivity contribution in [2.24, 2.45) is 0 Å². The van der Waals surface area contributed by atoms with Crippen molar-refractivity contribution >= 4 is 40.4 Å². The fourth-order valence-electron chi connectivity index (χ4n) is 2.93. The van der Waals surface area contributed by atoms with Gasteiger partial charge < -0.3 is 15.1 Å². The summed E-state index contributed by atoms with van der Waals surface area (Å²) in [7, 11) is 0. The maximum absolute atomic E-state index is 12.2. The van der Waals surface area contributed by atoms with Gasteiger partial charge in [-0.15, -0.1) is 0 Å². The molecule has 1 aromatic heterocycles. The van der Waals surface area contributed by atoms with Gasteiger partial charge in [-0.2, -0.15) is 0 Å². The van der Waals surface area contributed by atoms with Gasteiger partial charge in [-0.3, -0.25) is 9.59 Å². The third-order valence-corrected chi connectivity index (χ3v) is 4.35. The Hall–Kier alpha value is -4.19. The number of amides is 2. The van der Waals surface area contributed by atoms with Crippen LogP contribution in [0.15, 0.2) is 83.3 Å². The highest BCUT2D eigenvalue weighted by Gasteiger charge is 2.08. The Labute approximate surface area is 173 Å². The van der Waals surface area contributed by atoms with Gasteiger partial charge in [0.05, 0.1) is 0 Å². The molecule has 0 atom stereocenters. The highest BCUT2D eigenvalue weighted by Crippen LogP contribution is 2.25. The molecule has 0 spiro atoms. The molecule has 0 saturated carbocycles. The summed E-state index contributed by atoms with van der Waals surface area (Å²) in [6.07, 6.45) is 3.17. The fraction of sp³-hybridized carbons (Fsp3) is 0.0417. The molecular weight excluding hydrogens is 378 g/mol. The van der Waals surface area contributed by atoms with E-state index in [1.165, 1.54) is 13.0 Å². The third kappa shape index (κ3) is 4.62. The topological polar surface area (TPSA) is 84.2 Å². The summed E-state index contributed by atoms with van der Waals surface area (Å²) in [4.78, 5) is 27.7. The molecule has 4 rings (SSSR count). The van der Waals surface area contributed by atoms with E-state index in [1.54, 1.807) is 30.3 Å². The van der Waals surface area contributed by atoms with Gasteiger partial charge >= 0.3 is 0 Å². The van der Waals surface area contributed by atoms with Gasteiger partial charge in [0.25, 0.3) is 0 Å². The number of hydrogen-bond donors (Lipinski definition) is 2. The summed E-state index contributed by atoms with van der Waals surface area (Å²) in [6.45, 7) is 1.46. The minimum Gasteiger partial charge on any atom is -0.436 e. The maximum Gasteiger partial charge on any atom is 0.248 e. The van der Waals surface area contributed by atoms with Crippen LogP contribution in [0.4, 0.5) is 11.4 Å². The summed E-state index contributed by atoms with van der Waals surface area (Å²) < 4.78 is 5.76. The van der Waals surface area contributed by atoms with Gasteiger partial charge in [-0.05, 0) is 60.2 Å². The molecule has 0 aliphatic rings. The molecule has 0 bridgehead atoms. The summed E-state index contributed by atoms with van der Waals surface area (Å²) >= 11 is 0. The first-order valence-corrected chi connectivity index (χ1v) is 9.39. The standard InChI is InChI=1S/C24H19N3O3/c1-16(28)25-19-11-6-17(7-12-19)8-15-23(29)26-20-13-9-18(10-14-20)24-27-21-4-2-3-5-22(21)30-24/h2-15H,1H3,(H,25,28)(H,26,29). The van der Waals surface area contributed by atoms with E-state index in [1.807, 2.05) is 48.5 Å². The zero-order chi connectivity index (χ0) is 20.9. The van der Waals surface area contributed by atoms with Crippen LogP contribution in [0.2, 0.25) is 0 Å². The lowest BCUT2D eigenvalue weighted by Gasteiger charge is -2.03. The average Bonchev–Trinajstić information content (AvgIpc) is 3.18. The van der Waals surface area contributed by atoms with Crippen LogP contribution in [0.5, 0.6) is 0 Å². The van der Waals surface area contributed by atoms with Crippen LogP contribution in [-0.4, -0.2) is 16.8 Å². The number of fused-ring (bicyclic) bond motifs is 1. The second kappa shape index (κ2) is 8.45. The van der Waals surface area contributed by atoms with E-state index in [4.69, 9.17) is 4.42 Å². The largest absolute Gasteiger partial charge is 0.436 e. The van der Waals surface area contributed by atoms with Gasteiger partial charge in [-0.25, -0.2) is 4.98 Å². The van der Waals surface area contributed by atoms with Gasteiger partial charge in [0.1, 0.15) is 5.52 Å². The molecule has 0 unspecified atom stereocenters. The number of oxazole rings is 1. The highest BCUT2D eigenvalue weighted by atomic mass is 16.3. The molecule has 0 radical (unpaired) electrons. The molecule has 0 saturated heterocycles. The van der Waals surface area contributed by atoms with Crippen molar-refractivity contribution < 1.29 is 14.0 Å². The molecule has 0 aliphatic carbocycles.